The van der Waals surface area contributed by atoms with E-state index in [-0.39, 0.29) is 11.9 Å². The zero-order valence-corrected chi connectivity index (χ0v) is 18.4. The molecule has 2 aliphatic rings. The summed E-state index contributed by atoms with van der Waals surface area (Å²) in [6, 6.07) is 9.00. The van der Waals surface area contributed by atoms with Gasteiger partial charge in [-0.2, -0.15) is 10.1 Å². The summed E-state index contributed by atoms with van der Waals surface area (Å²) in [4.78, 5) is 8.27. The van der Waals surface area contributed by atoms with Crippen LogP contribution < -0.4 is 21.6 Å². The first-order valence-electron chi connectivity index (χ1n) is 10.6. The Hall–Kier alpha value is -3.23. The standard InChI is InChI=1S/C20H26N4O.C2H6N4/c1-20(2)17(24-16-18(21)22-12-23-19(16)25-20)15-10-8-14(9-11-15)13-6-4-3-5-7-13;1-2(5-3)6-4/h8-13,17,24H,3-7H2,1-2H3,(H2,21,22,23);3H,4H2,1H3/b;5-3?,6-2-. The maximum Gasteiger partial charge on any atom is 0.243 e. The van der Waals surface area contributed by atoms with Gasteiger partial charge in [-0.15, -0.1) is 5.11 Å². The van der Waals surface area contributed by atoms with E-state index in [1.807, 2.05) is 0 Å². The highest BCUT2D eigenvalue weighted by Gasteiger charge is 2.39. The Bertz CT molecular complexity index is 920. The van der Waals surface area contributed by atoms with E-state index in [1.165, 1.54) is 49.6 Å². The molecule has 0 saturated heterocycles. The van der Waals surface area contributed by atoms with Crippen molar-refractivity contribution in [3.05, 3.63) is 41.7 Å². The van der Waals surface area contributed by atoms with E-state index in [4.69, 9.17) is 16.0 Å². The Kier molecular flexibility index (Phi) is 7.04. The molecule has 0 radical (unpaired) electrons. The molecule has 1 aliphatic heterocycles. The van der Waals surface area contributed by atoms with Crippen LogP contribution in [0, 0.1) is 5.53 Å². The zero-order chi connectivity index (χ0) is 22.4. The lowest BCUT2D eigenvalue weighted by atomic mass is 9.83. The highest BCUT2D eigenvalue weighted by molar-refractivity contribution is 5.79. The quantitative estimate of drug-likeness (QED) is 0.180. The highest BCUT2D eigenvalue weighted by Crippen LogP contribution is 2.43. The normalized spacial score (nSPS) is 20.4. The van der Waals surface area contributed by atoms with E-state index in [9.17, 15) is 0 Å². The third-order valence-corrected chi connectivity index (χ3v) is 5.88. The number of hydrogen-bond acceptors (Lipinski definition) is 8. The average molecular weight is 425 g/mol. The minimum absolute atomic E-state index is 0.00583. The number of hydrazone groups is 1. The van der Waals surface area contributed by atoms with Crippen LogP contribution in [0.15, 0.2) is 40.8 Å². The van der Waals surface area contributed by atoms with Crippen molar-refractivity contribution in [3.63, 3.8) is 0 Å². The number of aromatic nitrogens is 2. The van der Waals surface area contributed by atoms with Crippen molar-refractivity contribution >= 4 is 17.3 Å². The predicted molar refractivity (Wildman–Crippen MR) is 122 cm³/mol. The van der Waals surface area contributed by atoms with Gasteiger partial charge >= 0.3 is 0 Å². The van der Waals surface area contributed by atoms with Crippen LogP contribution in [-0.4, -0.2) is 21.4 Å². The molecular weight excluding hydrogens is 392 g/mol. The molecule has 4 rings (SSSR count). The molecule has 0 bridgehead atoms. The molecule has 9 nitrogen and oxygen atoms in total. The lowest BCUT2D eigenvalue weighted by molar-refractivity contribution is 0.0722. The fourth-order valence-electron chi connectivity index (χ4n) is 4.13. The topological polar surface area (TPSA) is 148 Å². The number of rotatable bonds is 2. The molecule has 1 aliphatic carbocycles. The number of nitrogen functional groups attached to an aromatic ring is 1. The van der Waals surface area contributed by atoms with Gasteiger partial charge in [0.1, 0.15) is 17.6 Å². The molecule has 166 valence electrons. The largest absolute Gasteiger partial charge is 0.467 e. The van der Waals surface area contributed by atoms with Gasteiger partial charge in [0.2, 0.25) is 5.88 Å². The van der Waals surface area contributed by atoms with Gasteiger partial charge in [-0.1, -0.05) is 43.5 Å². The molecule has 2 heterocycles. The fraction of sp³-hybridized carbons (Fsp3) is 0.500. The summed E-state index contributed by atoms with van der Waals surface area (Å²) in [6.07, 6.45) is 8.16. The van der Waals surface area contributed by atoms with Gasteiger partial charge in [-0.3, -0.25) is 0 Å². The Morgan fingerprint density at radius 3 is 2.35 bits per heavy atom. The van der Waals surface area contributed by atoms with Gasteiger partial charge in [0, 0.05) is 0 Å². The van der Waals surface area contributed by atoms with Crippen molar-refractivity contribution in [1.82, 2.24) is 9.97 Å². The van der Waals surface area contributed by atoms with Gasteiger partial charge < -0.3 is 21.6 Å². The number of nitrogens with one attached hydrogen (secondary N) is 2. The molecule has 31 heavy (non-hydrogen) atoms. The second-order valence-corrected chi connectivity index (χ2v) is 8.51. The van der Waals surface area contributed by atoms with E-state index < -0.39 is 5.60 Å². The summed E-state index contributed by atoms with van der Waals surface area (Å²) in [6.45, 7) is 5.69. The lowest BCUT2D eigenvalue weighted by Gasteiger charge is -2.40. The molecule has 2 aromatic rings. The van der Waals surface area contributed by atoms with Crippen LogP contribution in [0.1, 0.15) is 76.0 Å². The van der Waals surface area contributed by atoms with Crippen molar-refractivity contribution in [3.8, 4) is 5.88 Å². The molecule has 1 fully saturated rings. The number of ether oxygens (including phenoxy) is 1. The second kappa shape index (κ2) is 9.72. The van der Waals surface area contributed by atoms with Gasteiger partial charge in [-0.25, -0.2) is 10.5 Å². The number of fused-ring (bicyclic) bond motifs is 1. The Morgan fingerprint density at radius 2 is 1.77 bits per heavy atom. The third kappa shape index (κ3) is 5.28. The van der Waals surface area contributed by atoms with E-state index in [1.54, 1.807) is 6.92 Å². The van der Waals surface area contributed by atoms with Gasteiger partial charge in [0.25, 0.3) is 0 Å². The molecular formula is C22H32N8O. The van der Waals surface area contributed by atoms with Crippen molar-refractivity contribution in [2.24, 2.45) is 16.1 Å². The van der Waals surface area contributed by atoms with Crippen molar-refractivity contribution < 1.29 is 4.74 Å². The van der Waals surface area contributed by atoms with Gasteiger partial charge in [0.15, 0.2) is 11.7 Å². The number of nitrogens with zero attached hydrogens (tertiary/aromatic N) is 4. The molecule has 9 heteroatoms. The van der Waals surface area contributed by atoms with E-state index >= 15 is 0 Å². The maximum absolute atomic E-state index is 6.22. The predicted octanol–water partition coefficient (Wildman–Crippen LogP) is 4.74. The second-order valence-electron chi connectivity index (χ2n) is 8.51. The van der Waals surface area contributed by atoms with Crippen LogP contribution in [0.4, 0.5) is 11.5 Å². The first kappa shape index (κ1) is 22.5. The number of amidine groups is 1. The smallest absolute Gasteiger partial charge is 0.243 e. The van der Waals surface area contributed by atoms with Crippen molar-refractivity contribution in [2.75, 3.05) is 11.1 Å². The summed E-state index contributed by atoms with van der Waals surface area (Å²) in [7, 11) is 0. The lowest BCUT2D eigenvalue weighted by Crippen LogP contribution is -2.44. The fourth-order valence-corrected chi connectivity index (χ4v) is 4.13. The SMILES string of the molecule is C/C(N=N)=N/N.CC1(C)Oc2ncnc(N)c2NC1c1ccc(C2CCCCC2)cc1. The molecule has 1 aromatic heterocycles. The number of hydrogen-bond donors (Lipinski definition) is 4. The molecule has 0 spiro atoms. The van der Waals surface area contributed by atoms with Crippen LogP contribution >= 0.6 is 0 Å². The van der Waals surface area contributed by atoms with Crippen LogP contribution in [0.3, 0.4) is 0 Å². The third-order valence-electron chi connectivity index (χ3n) is 5.88. The molecule has 1 saturated carbocycles. The van der Waals surface area contributed by atoms with Crippen LogP contribution in [0.5, 0.6) is 5.88 Å². The maximum atomic E-state index is 6.22. The molecule has 1 aromatic carbocycles. The number of benzene rings is 1. The summed E-state index contributed by atoms with van der Waals surface area (Å²) in [5, 5.41) is 9.45. The van der Waals surface area contributed by atoms with E-state index in [0.29, 0.717) is 17.4 Å². The minimum atomic E-state index is -0.430. The van der Waals surface area contributed by atoms with Crippen molar-refractivity contribution in [1.29, 1.82) is 5.53 Å². The first-order chi connectivity index (χ1) is 14.9. The van der Waals surface area contributed by atoms with E-state index in [2.05, 4.69) is 69.5 Å². The molecule has 1 unspecified atom stereocenters. The highest BCUT2D eigenvalue weighted by atomic mass is 16.5. The molecule has 0 amide bonds. The summed E-state index contributed by atoms with van der Waals surface area (Å²) >= 11 is 0. The molecule has 1 atom stereocenters. The van der Waals surface area contributed by atoms with Crippen LogP contribution in [0.2, 0.25) is 0 Å². The Labute approximate surface area is 183 Å². The summed E-state index contributed by atoms with van der Waals surface area (Å²) in [5.41, 5.74) is 15.1. The first-order valence-corrected chi connectivity index (χ1v) is 10.6. The Morgan fingerprint density at radius 1 is 1.13 bits per heavy atom. The Balaban J connectivity index is 0.000000401. The monoisotopic (exact) mass is 424 g/mol. The zero-order valence-electron chi connectivity index (χ0n) is 18.4. The van der Waals surface area contributed by atoms with Crippen LogP contribution in [0.25, 0.3) is 0 Å². The average Bonchev–Trinajstić information content (AvgIpc) is 2.79. The summed E-state index contributed by atoms with van der Waals surface area (Å²) in [5.74, 6) is 6.60. The molecule has 6 N–H and O–H groups in total. The van der Waals surface area contributed by atoms with Crippen molar-refractivity contribution in [2.45, 2.75) is 70.4 Å². The number of anilines is 2. The van der Waals surface area contributed by atoms with Crippen LogP contribution in [-0.2, 0) is 0 Å². The summed E-state index contributed by atoms with van der Waals surface area (Å²) < 4.78 is 6.12. The van der Waals surface area contributed by atoms with E-state index in [0.717, 1.165) is 5.92 Å². The minimum Gasteiger partial charge on any atom is -0.467 e. The number of nitrogens with two attached hydrogens (primary N) is 2. The van der Waals surface area contributed by atoms with Gasteiger partial charge in [-0.05, 0) is 50.7 Å². The van der Waals surface area contributed by atoms with Gasteiger partial charge in [0.05, 0.1) is 6.04 Å².